The van der Waals surface area contributed by atoms with Gasteiger partial charge in [0, 0.05) is 0 Å². The molecule has 0 spiro atoms. The molecule has 0 bridgehead atoms. The minimum absolute atomic E-state index is 0.0479. The Labute approximate surface area is 97.1 Å². The summed E-state index contributed by atoms with van der Waals surface area (Å²) in [6, 6.07) is 10.2. The van der Waals surface area contributed by atoms with Crippen molar-refractivity contribution in [1.29, 1.82) is 0 Å². The first-order chi connectivity index (χ1) is 7.81. The minimum atomic E-state index is 0.0479. The topological polar surface area (TPSA) is 35.5 Å². The molecule has 0 radical (unpaired) electrons. The summed E-state index contributed by atoms with van der Waals surface area (Å²) in [6.07, 6.45) is 2.80. The highest BCUT2D eigenvalue weighted by molar-refractivity contribution is 5.19. The van der Waals surface area contributed by atoms with Crippen molar-refractivity contribution in [2.45, 2.75) is 25.0 Å². The third-order valence-electron chi connectivity index (χ3n) is 3.30. The van der Waals surface area contributed by atoms with Crippen LogP contribution in [0.5, 0.6) is 0 Å². The number of rotatable bonds is 4. The van der Waals surface area contributed by atoms with Gasteiger partial charge in [0.25, 0.3) is 0 Å². The normalized spacial score (nSPS) is 23.5. The molecular weight excluding hydrogens is 200 g/mol. The molecule has 16 heavy (non-hydrogen) atoms. The van der Waals surface area contributed by atoms with Gasteiger partial charge in [0.15, 0.2) is 0 Å². The fourth-order valence-corrected chi connectivity index (χ4v) is 2.29. The summed E-state index contributed by atoms with van der Waals surface area (Å²) >= 11 is 0. The predicted octanol–water partition coefficient (Wildman–Crippen LogP) is 1.36. The monoisotopic (exact) mass is 220 g/mol. The SMILES string of the molecule is CN1CCCC1NC(CO)c1ccccc1. The quantitative estimate of drug-likeness (QED) is 0.804. The molecule has 1 heterocycles. The predicted molar refractivity (Wildman–Crippen MR) is 65.1 cm³/mol. The zero-order valence-electron chi connectivity index (χ0n) is 9.76. The molecule has 2 atom stereocenters. The maximum Gasteiger partial charge on any atom is 0.0626 e. The molecule has 1 saturated heterocycles. The van der Waals surface area contributed by atoms with Crippen LogP contribution in [0.25, 0.3) is 0 Å². The fraction of sp³-hybridized carbons (Fsp3) is 0.538. The van der Waals surface area contributed by atoms with Crippen LogP contribution in [0.4, 0.5) is 0 Å². The average Bonchev–Trinajstić information content (AvgIpc) is 2.73. The lowest BCUT2D eigenvalue weighted by Crippen LogP contribution is -2.42. The van der Waals surface area contributed by atoms with Gasteiger partial charge < -0.3 is 5.11 Å². The largest absolute Gasteiger partial charge is 0.394 e. The lowest BCUT2D eigenvalue weighted by atomic mass is 10.1. The van der Waals surface area contributed by atoms with Gasteiger partial charge in [-0.2, -0.15) is 0 Å². The molecule has 0 aromatic heterocycles. The number of hydrogen-bond acceptors (Lipinski definition) is 3. The first-order valence-corrected chi connectivity index (χ1v) is 5.93. The molecule has 3 nitrogen and oxygen atoms in total. The van der Waals surface area contributed by atoms with Gasteiger partial charge in [0.05, 0.1) is 18.8 Å². The Bertz CT molecular complexity index is 315. The standard InChI is InChI=1S/C13H20N2O/c1-15-9-5-8-13(15)14-12(10-16)11-6-3-2-4-7-11/h2-4,6-7,12-14,16H,5,8-10H2,1H3. The molecule has 1 aliphatic heterocycles. The van der Waals surface area contributed by atoms with Crippen LogP contribution < -0.4 is 5.32 Å². The zero-order valence-corrected chi connectivity index (χ0v) is 9.76. The molecule has 2 unspecified atom stereocenters. The minimum Gasteiger partial charge on any atom is -0.394 e. The molecule has 88 valence electrons. The van der Waals surface area contributed by atoms with E-state index in [4.69, 9.17) is 0 Å². The Balaban J connectivity index is 2.00. The van der Waals surface area contributed by atoms with E-state index in [1.165, 1.54) is 12.8 Å². The number of nitrogens with one attached hydrogen (secondary N) is 1. The van der Waals surface area contributed by atoms with E-state index >= 15 is 0 Å². The second kappa shape index (κ2) is 5.43. The van der Waals surface area contributed by atoms with E-state index in [2.05, 4.69) is 29.4 Å². The maximum absolute atomic E-state index is 9.45. The lowest BCUT2D eigenvalue weighted by Gasteiger charge is -2.26. The van der Waals surface area contributed by atoms with Crippen LogP contribution in [-0.4, -0.2) is 36.4 Å². The third-order valence-corrected chi connectivity index (χ3v) is 3.30. The van der Waals surface area contributed by atoms with Crippen molar-refractivity contribution < 1.29 is 5.11 Å². The van der Waals surface area contributed by atoms with Gasteiger partial charge >= 0.3 is 0 Å². The van der Waals surface area contributed by atoms with Crippen LogP contribution in [0.3, 0.4) is 0 Å². The van der Waals surface area contributed by atoms with Gasteiger partial charge in [0.1, 0.15) is 0 Å². The zero-order chi connectivity index (χ0) is 11.4. The van der Waals surface area contributed by atoms with Crippen molar-refractivity contribution in [1.82, 2.24) is 10.2 Å². The number of aliphatic hydroxyl groups is 1. The van der Waals surface area contributed by atoms with Crippen LogP contribution in [0.1, 0.15) is 24.4 Å². The van der Waals surface area contributed by atoms with Crippen molar-refractivity contribution in [3.8, 4) is 0 Å². The van der Waals surface area contributed by atoms with E-state index in [0.29, 0.717) is 6.17 Å². The van der Waals surface area contributed by atoms with Gasteiger partial charge in [-0.15, -0.1) is 0 Å². The smallest absolute Gasteiger partial charge is 0.0626 e. The van der Waals surface area contributed by atoms with Crippen molar-refractivity contribution in [2.24, 2.45) is 0 Å². The van der Waals surface area contributed by atoms with E-state index in [1.54, 1.807) is 0 Å². The highest BCUT2D eigenvalue weighted by atomic mass is 16.3. The highest BCUT2D eigenvalue weighted by Crippen LogP contribution is 2.18. The number of benzene rings is 1. The van der Waals surface area contributed by atoms with E-state index < -0.39 is 0 Å². The van der Waals surface area contributed by atoms with Crippen LogP contribution in [0, 0.1) is 0 Å². The highest BCUT2D eigenvalue weighted by Gasteiger charge is 2.23. The molecule has 1 aromatic rings. The molecule has 1 aromatic carbocycles. The van der Waals surface area contributed by atoms with Gasteiger partial charge in [0.2, 0.25) is 0 Å². The summed E-state index contributed by atoms with van der Waals surface area (Å²) in [5.41, 5.74) is 1.16. The second-order valence-electron chi connectivity index (χ2n) is 4.45. The summed E-state index contributed by atoms with van der Waals surface area (Å²) in [5.74, 6) is 0. The second-order valence-corrected chi connectivity index (χ2v) is 4.45. The molecular formula is C13H20N2O. The molecule has 2 N–H and O–H groups in total. The van der Waals surface area contributed by atoms with Gasteiger partial charge in [-0.25, -0.2) is 0 Å². The lowest BCUT2D eigenvalue weighted by molar-refractivity contribution is 0.187. The molecule has 1 aliphatic rings. The first-order valence-electron chi connectivity index (χ1n) is 5.93. The average molecular weight is 220 g/mol. The van der Waals surface area contributed by atoms with Gasteiger partial charge in [-0.05, 0) is 32.0 Å². The van der Waals surface area contributed by atoms with Crippen molar-refractivity contribution in [3.05, 3.63) is 35.9 Å². The molecule has 0 amide bonds. The number of hydrogen-bond donors (Lipinski definition) is 2. The third kappa shape index (κ3) is 2.61. The molecule has 0 saturated carbocycles. The van der Waals surface area contributed by atoms with E-state index in [1.807, 2.05) is 18.2 Å². The van der Waals surface area contributed by atoms with Crippen LogP contribution >= 0.6 is 0 Å². The molecule has 2 rings (SSSR count). The molecule has 3 heteroatoms. The number of nitrogens with zero attached hydrogens (tertiary/aromatic N) is 1. The first kappa shape index (κ1) is 11.6. The van der Waals surface area contributed by atoms with Crippen molar-refractivity contribution in [2.75, 3.05) is 20.2 Å². The van der Waals surface area contributed by atoms with Crippen molar-refractivity contribution in [3.63, 3.8) is 0 Å². The van der Waals surface area contributed by atoms with Crippen LogP contribution in [0.2, 0.25) is 0 Å². The Morgan fingerprint density at radius 3 is 2.75 bits per heavy atom. The molecule has 0 aliphatic carbocycles. The Morgan fingerprint density at radius 2 is 2.19 bits per heavy atom. The van der Waals surface area contributed by atoms with E-state index in [-0.39, 0.29) is 12.6 Å². The van der Waals surface area contributed by atoms with E-state index in [9.17, 15) is 5.11 Å². The van der Waals surface area contributed by atoms with Crippen LogP contribution in [-0.2, 0) is 0 Å². The van der Waals surface area contributed by atoms with Gasteiger partial charge in [-0.1, -0.05) is 30.3 Å². The molecule has 1 fully saturated rings. The summed E-state index contributed by atoms with van der Waals surface area (Å²) in [6.45, 7) is 1.29. The van der Waals surface area contributed by atoms with Crippen molar-refractivity contribution >= 4 is 0 Å². The maximum atomic E-state index is 9.45. The summed E-state index contributed by atoms with van der Waals surface area (Å²) < 4.78 is 0. The Hall–Kier alpha value is -0.900. The number of aliphatic hydroxyl groups excluding tert-OH is 1. The Kier molecular flexibility index (Phi) is 3.93. The summed E-state index contributed by atoms with van der Waals surface area (Å²) in [4.78, 5) is 2.31. The fourth-order valence-electron chi connectivity index (χ4n) is 2.29. The van der Waals surface area contributed by atoms with E-state index in [0.717, 1.165) is 12.1 Å². The number of likely N-dealkylation sites (tertiary alicyclic amines) is 1. The summed E-state index contributed by atoms with van der Waals surface area (Å²) in [7, 11) is 2.13. The Morgan fingerprint density at radius 1 is 1.44 bits per heavy atom. The van der Waals surface area contributed by atoms with Gasteiger partial charge in [-0.3, -0.25) is 10.2 Å². The van der Waals surface area contributed by atoms with Crippen LogP contribution in [0.15, 0.2) is 30.3 Å². The summed E-state index contributed by atoms with van der Waals surface area (Å²) in [5, 5.41) is 13.0.